The van der Waals surface area contributed by atoms with Gasteiger partial charge in [0.2, 0.25) is 5.95 Å². The number of hydrogen-bond donors (Lipinski definition) is 2. The quantitative estimate of drug-likeness (QED) is 0.855. The first-order valence-corrected chi connectivity index (χ1v) is 8.60. The molecule has 0 bridgehead atoms. The molecule has 9 heteroatoms. The zero-order chi connectivity index (χ0) is 18.3. The fourth-order valence-corrected chi connectivity index (χ4v) is 3.43. The average Bonchev–Trinajstić information content (AvgIpc) is 3.01. The number of nitrogens with zero attached hydrogens (tertiary/aromatic N) is 5. The molecule has 138 valence electrons. The summed E-state index contributed by atoms with van der Waals surface area (Å²) in [5.41, 5.74) is 5.12. The summed E-state index contributed by atoms with van der Waals surface area (Å²) in [6, 6.07) is 0. The van der Waals surface area contributed by atoms with Crippen LogP contribution in [-0.2, 0) is 6.54 Å². The number of alkyl halides is 2. The molecule has 4 rings (SSSR count). The molecule has 3 N–H and O–H groups in total. The van der Waals surface area contributed by atoms with Gasteiger partial charge in [0.1, 0.15) is 0 Å². The summed E-state index contributed by atoms with van der Waals surface area (Å²) < 4.78 is 31.3. The Morgan fingerprint density at radius 3 is 2.88 bits per heavy atom. The lowest BCUT2D eigenvalue weighted by atomic mass is 9.89. The molecule has 0 radical (unpaired) electrons. The van der Waals surface area contributed by atoms with Crippen LogP contribution < -0.4 is 11.1 Å². The number of aromatic nitrogens is 4. The highest BCUT2D eigenvalue weighted by molar-refractivity contribution is 5.74. The zero-order valence-corrected chi connectivity index (χ0v) is 14.5. The van der Waals surface area contributed by atoms with Gasteiger partial charge in [-0.15, -0.1) is 0 Å². The van der Waals surface area contributed by atoms with Crippen molar-refractivity contribution in [2.45, 2.75) is 25.3 Å². The van der Waals surface area contributed by atoms with Crippen LogP contribution in [0.5, 0.6) is 0 Å². The number of fused-ring (bicyclic) bond motifs is 1. The van der Waals surface area contributed by atoms with Crippen LogP contribution in [0.2, 0.25) is 0 Å². The number of allylic oxidation sites excluding steroid dienone is 3. The minimum absolute atomic E-state index is 0.101. The number of halogens is 2. The SMILES string of the molecule is CC1(F)C=C(N2CCNCC2)C=C(Cn2ncc3cnc(N)nc32)C1F. The third-order valence-electron chi connectivity index (χ3n) is 4.79. The predicted molar refractivity (Wildman–Crippen MR) is 94.8 cm³/mol. The Kier molecular flexibility index (Phi) is 4.10. The molecule has 2 unspecified atom stereocenters. The number of hydrogen-bond acceptors (Lipinski definition) is 6. The highest BCUT2D eigenvalue weighted by atomic mass is 19.2. The number of nitrogen functional groups attached to an aromatic ring is 1. The van der Waals surface area contributed by atoms with E-state index in [2.05, 4.69) is 25.3 Å². The molecule has 1 aliphatic carbocycles. The maximum atomic E-state index is 14.9. The summed E-state index contributed by atoms with van der Waals surface area (Å²) in [6.45, 7) is 4.54. The molecule has 26 heavy (non-hydrogen) atoms. The summed E-state index contributed by atoms with van der Waals surface area (Å²) in [5, 5.41) is 8.20. The first kappa shape index (κ1) is 16.9. The topological polar surface area (TPSA) is 84.9 Å². The molecule has 0 saturated carbocycles. The highest BCUT2D eigenvalue weighted by Crippen LogP contribution is 2.35. The minimum atomic E-state index is -2.07. The van der Waals surface area contributed by atoms with Crippen molar-refractivity contribution in [2.75, 3.05) is 31.9 Å². The summed E-state index contributed by atoms with van der Waals surface area (Å²) >= 11 is 0. The van der Waals surface area contributed by atoms with E-state index < -0.39 is 11.8 Å². The summed E-state index contributed by atoms with van der Waals surface area (Å²) in [5.74, 6) is 0.116. The maximum absolute atomic E-state index is 14.9. The van der Waals surface area contributed by atoms with Crippen molar-refractivity contribution in [1.29, 1.82) is 0 Å². The van der Waals surface area contributed by atoms with Gasteiger partial charge < -0.3 is 16.0 Å². The molecule has 2 aliphatic rings. The van der Waals surface area contributed by atoms with Crippen LogP contribution in [0.4, 0.5) is 14.7 Å². The Morgan fingerprint density at radius 2 is 2.12 bits per heavy atom. The van der Waals surface area contributed by atoms with Crippen molar-refractivity contribution >= 4 is 17.0 Å². The van der Waals surface area contributed by atoms with Gasteiger partial charge in [-0.3, -0.25) is 0 Å². The van der Waals surface area contributed by atoms with Crippen LogP contribution in [0.15, 0.2) is 35.8 Å². The molecule has 3 heterocycles. The van der Waals surface area contributed by atoms with E-state index in [1.165, 1.54) is 17.7 Å². The second kappa shape index (κ2) is 6.31. The van der Waals surface area contributed by atoms with Crippen molar-refractivity contribution in [3.63, 3.8) is 0 Å². The Labute approximate surface area is 149 Å². The largest absolute Gasteiger partial charge is 0.369 e. The van der Waals surface area contributed by atoms with Crippen molar-refractivity contribution < 1.29 is 8.78 Å². The monoisotopic (exact) mass is 361 g/mol. The summed E-state index contributed by atoms with van der Waals surface area (Å²) in [7, 11) is 0. The molecule has 2 aromatic rings. The van der Waals surface area contributed by atoms with Crippen LogP contribution in [0, 0.1) is 0 Å². The third kappa shape index (κ3) is 3.03. The molecule has 1 fully saturated rings. The molecular formula is C17H21F2N7. The summed E-state index contributed by atoms with van der Waals surface area (Å²) in [4.78, 5) is 10.2. The number of anilines is 1. The van der Waals surface area contributed by atoms with E-state index in [1.54, 1.807) is 18.5 Å². The molecule has 1 saturated heterocycles. The van der Waals surface area contributed by atoms with Crippen molar-refractivity contribution in [1.82, 2.24) is 30.0 Å². The molecule has 1 aliphatic heterocycles. The van der Waals surface area contributed by atoms with Crippen molar-refractivity contribution in [2.24, 2.45) is 0 Å². The van der Waals surface area contributed by atoms with E-state index in [0.29, 0.717) is 22.3 Å². The second-order valence-electron chi connectivity index (χ2n) is 6.85. The van der Waals surface area contributed by atoms with Crippen molar-refractivity contribution in [3.8, 4) is 0 Å². The summed E-state index contributed by atoms with van der Waals surface area (Å²) in [6.07, 6.45) is 4.53. The minimum Gasteiger partial charge on any atom is -0.369 e. The lowest BCUT2D eigenvalue weighted by molar-refractivity contribution is 0.126. The van der Waals surface area contributed by atoms with Crippen LogP contribution in [0.1, 0.15) is 6.92 Å². The lowest BCUT2D eigenvalue weighted by Gasteiger charge is -2.36. The van der Waals surface area contributed by atoms with E-state index >= 15 is 0 Å². The predicted octanol–water partition coefficient (Wildman–Crippen LogP) is 1.20. The highest BCUT2D eigenvalue weighted by Gasteiger charge is 2.39. The third-order valence-corrected chi connectivity index (χ3v) is 4.79. The van der Waals surface area contributed by atoms with Crippen LogP contribution in [-0.4, -0.2) is 62.7 Å². The number of piperazine rings is 1. The van der Waals surface area contributed by atoms with Gasteiger partial charge in [0.05, 0.1) is 18.1 Å². The van der Waals surface area contributed by atoms with E-state index in [1.807, 2.05) is 0 Å². The van der Waals surface area contributed by atoms with Gasteiger partial charge >= 0.3 is 0 Å². The maximum Gasteiger partial charge on any atom is 0.222 e. The Balaban J connectivity index is 1.67. The molecule has 0 amide bonds. The molecule has 2 aromatic heterocycles. The molecule has 0 aromatic carbocycles. The van der Waals surface area contributed by atoms with Gasteiger partial charge in [0.25, 0.3) is 0 Å². The average molecular weight is 361 g/mol. The van der Waals surface area contributed by atoms with E-state index in [-0.39, 0.29) is 12.5 Å². The van der Waals surface area contributed by atoms with E-state index in [4.69, 9.17) is 5.73 Å². The standard InChI is InChI=1S/C17H21F2N7/c1-17(19)7-13(25-4-2-21-3-5-25)6-11(14(17)18)10-26-15-12(9-23-26)8-22-16(20)24-15/h6-9,14,21H,2-5,10H2,1H3,(H2,20,22,24). The van der Waals surface area contributed by atoms with E-state index in [0.717, 1.165) is 26.2 Å². The Morgan fingerprint density at radius 1 is 1.35 bits per heavy atom. The second-order valence-corrected chi connectivity index (χ2v) is 6.85. The first-order valence-electron chi connectivity index (χ1n) is 8.60. The molecule has 7 nitrogen and oxygen atoms in total. The van der Waals surface area contributed by atoms with Crippen LogP contribution in [0.25, 0.3) is 11.0 Å². The van der Waals surface area contributed by atoms with Gasteiger partial charge in [0, 0.05) is 38.1 Å². The van der Waals surface area contributed by atoms with Crippen LogP contribution in [0.3, 0.4) is 0 Å². The van der Waals surface area contributed by atoms with Crippen molar-refractivity contribution in [3.05, 3.63) is 35.8 Å². The first-order chi connectivity index (χ1) is 12.4. The fourth-order valence-electron chi connectivity index (χ4n) is 3.43. The smallest absolute Gasteiger partial charge is 0.222 e. The van der Waals surface area contributed by atoms with Crippen LogP contribution >= 0.6 is 0 Å². The molecular weight excluding hydrogens is 340 g/mol. The fraction of sp³-hybridized carbons (Fsp3) is 0.471. The van der Waals surface area contributed by atoms with Gasteiger partial charge in [-0.2, -0.15) is 10.1 Å². The van der Waals surface area contributed by atoms with E-state index in [9.17, 15) is 8.78 Å². The normalized spacial score (nSPS) is 26.7. The lowest BCUT2D eigenvalue weighted by Crippen LogP contribution is -2.45. The molecule has 0 spiro atoms. The number of rotatable bonds is 3. The van der Waals surface area contributed by atoms with Gasteiger partial charge in [-0.1, -0.05) is 0 Å². The van der Waals surface area contributed by atoms with Gasteiger partial charge in [-0.25, -0.2) is 18.4 Å². The van der Waals surface area contributed by atoms with Gasteiger partial charge in [0.15, 0.2) is 17.5 Å². The Bertz CT molecular complexity index is 880. The zero-order valence-electron chi connectivity index (χ0n) is 14.5. The molecule has 2 atom stereocenters. The number of nitrogens with one attached hydrogen (secondary N) is 1. The Hall–Kier alpha value is -2.55. The van der Waals surface area contributed by atoms with Gasteiger partial charge in [-0.05, 0) is 24.6 Å². The number of nitrogens with two attached hydrogens (primary N) is 1.